The number of rotatable bonds is 4. The van der Waals surface area contributed by atoms with Gasteiger partial charge in [0.2, 0.25) is 5.91 Å². The topological polar surface area (TPSA) is 58.2 Å². The van der Waals surface area contributed by atoms with Crippen LogP contribution in [-0.4, -0.2) is 11.8 Å². The Morgan fingerprint density at radius 2 is 1.91 bits per heavy atom. The van der Waals surface area contributed by atoms with E-state index >= 15 is 0 Å². The van der Waals surface area contributed by atoms with Crippen LogP contribution in [0.4, 0.5) is 11.4 Å². The van der Waals surface area contributed by atoms with E-state index in [0.717, 1.165) is 13.8 Å². The van der Waals surface area contributed by atoms with E-state index in [4.69, 9.17) is 0 Å². The molecule has 22 heavy (non-hydrogen) atoms. The Morgan fingerprint density at radius 1 is 1.18 bits per heavy atom. The van der Waals surface area contributed by atoms with Gasteiger partial charge in [0.25, 0.3) is 5.91 Å². The lowest BCUT2D eigenvalue weighted by Crippen LogP contribution is -2.13. The lowest BCUT2D eigenvalue weighted by atomic mass is 10.1. The molecule has 0 spiro atoms. The SMILES string of the molecule is CCC(=O)Nc1ccc(C)c(NC(=O)c2cc(Br)c(Br)s2)c1. The van der Waals surface area contributed by atoms with Crippen molar-refractivity contribution in [2.24, 2.45) is 0 Å². The number of amides is 2. The van der Waals surface area contributed by atoms with E-state index in [-0.39, 0.29) is 11.8 Å². The number of thiophene rings is 1. The van der Waals surface area contributed by atoms with Crippen molar-refractivity contribution in [3.8, 4) is 0 Å². The molecule has 0 atom stereocenters. The van der Waals surface area contributed by atoms with Crippen molar-refractivity contribution in [1.82, 2.24) is 0 Å². The van der Waals surface area contributed by atoms with Crippen molar-refractivity contribution in [1.29, 1.82) is 0 Å². The Labute approximate surface area is 149 Å². The molecule has 7 heteroatoms. The zero-order chi connectivity index (χ0) is 16.3. The third kappa shape index (κ3) is 4.18. The molecule has 0 fully saturated rings. The Balaban J connectivity index is 2.19. The van der Waals surface area contributed by atoms with Gasteiger partial charge in [-0.1, -0.05) is 13.0 Å². The number of aryl methyl sites for hydroxylation is 1. The molecule has 2 amide bonds. The van der Waals surface area contributed by atoms with Gasteiger partial charge in [0.05, 0.1) is 8.66 Å². The van der Waals surface area contributed by atoms with E-state index in [0.29, 0.717) is 22.7 Å². The minimum Gasteiger partial charge on any atom is -0.326 e. The summed E-state index contributed by atoms with van der Waals surface area (Å²) in [6.07, 6.45) is 0.410. The van der Waals surface area contributed by atoms with Gasteiger partial charge in [-0.15, -0.1) is 11.3 Å². The quantitative estimate of drug-likeness (QED) is 0.680. The second-order valence-electron chi connectivity index (χ2n) is 4.62. The van der Waals surface area contributed by atoms with Crippen LogP contribution in [-0.2, 0) is 4.79 Å². The number of benzene rings is 1. The number of hydrogen-bond acceptors (Lipinski definition) is 3. The Bertz CT molecular complexity index is 709. The summed E-state index contributed by atoms with van der Waals surface area (Å²) in [5.74, 6) is -0.245. The number of carbonyl (C=O) groups is 2. The van der Waals surface area contributed by atoms with Crippen molar-refractivity contribution in [3.05, 3.63) is 43.0 Å². The first kappa shape index (κ1) is 17.2. The summed E-state index contributed by atoms with van der Waals surface area (Å²) in [4.78, 5) is 24.3. The standard InChI is InChI=1S/C15H14Br2N2O2S/c1-3-13(20)18-9-5-4-8(2)11(6-9)19-15(21)12-7-10(16)14(17)22-12/h4-7H,3H2,1-2H3,(H,18,20)(H,19,21). The summed E-state index contributed by atoms with van der Waals surface area (Å²) in [5.41, 5.74) is 2.28. The first-order chi connectivity index (χ1) is 10.4. The molecule has 0 aliphatic carbocycles. The molecule has 0 aliphatic rings. The average Bonchev–Trinajstić information content (AvgIpc) is 2.82. The molecular formula is C15H14Br2N2O2S. The minimum absolute atomic E-state index is 0.0627. The highest BCUT2D eigenvalue weighted by atomic mass is 79.9. The molecule has 0 saturated carbocycles. The number of anilines is 2. The Kier molecular flexibility index (Phi) is 5.77. The average molecular weight is 446 g/mol. The van der Waals surface area contributed by atoms with Crippen LogP contribution in [0, 0.1) is 6.92 Å². The maximum atomic E-state index is 12.3. The summed E-state index contributed by atoms with van der Waals surface area (Å²) in [6, 6.07) is 7.21. The van der Waals surface area contributed by atoms with E-state index in [9.17, 15) is 9.59 Å². The number of hydrogen-bond donors (Lipinski definition) is 2. The highest BCUT2D eigenvalue weighted by Crippen LogP contribution is 2.33. The van der Waals surface area contributed by atoms with Crippen molar-refractivity contribution < 1.29 is 9.59 Å². The molecule has 0 bridgehead atoms. The van der Waals surface area contributed by atoms with E-state index in [1.54, 1.807) is 19.1 Å². The second kappa shape index (κ2) is 7.39. The zero-order valence-electron chi connectivity index (χ0n) is 12.0. The second-order valence-corrected chi connectivity index (χ2v) is 7.84. The molecule has 0 aliphatic heterocycles. The molecule has 4 nitrogen and oxygen atoms in total. The third-order valence-electron chi connectivity index (χ3n) is 2.96. The summed E-state index contributed by atoms with van der Waals surface area (Å²) in [7, 11) is 0. The van der Waals surface area contributed by atoms with Gasteiger partial charge in [-0.05, 0) is 62.5 Å². The molecule has 2 rings (SSSR count). The molecule has 1 aromatic heterocycles. The maximum absolute atomic E-state index is 12.3. The van der Waals surface area contributed by atoms with Crippen molar-refractivity contribution >= 4 is 66.4 Å². The van der Waals surface area contributed by atoms with Gasteiger partial charge >= 0.3 is 0 Å². The normalized spacial score (nSPS) is 10.4. The van der Waals surface area contributed by atoms with Gasteiger partial charge in [0.15, 0.2) is 0 Å². The van der Waals surface area contributed by atoms with Gasteiger partial charge in [-0.25, -0.2) is 0 Å². The van der Waals surface area contributed by atoms with Crippen LogP contribution in [0.5, 0.6) is 0 Å². The molecule has 2 aromatic rings. The molecule has 0 unspecified atom stereocenters. The van der Waals surface area contributed by atoms with E-state index in [1.165, 1.54) is 11.3 Å². The molecule has 0 radical (unpaired) electrons. The van der Waals surface area contributed by atoms with Crippen LogP contribution < -0.4 is 10.6 Å². The fourth-order valence-corrected chi connectivity index (χ4v) is 3.66. The van der Waals surface area contributed by atoms with Crippen LogP contribution in [0.15, 0.2) is 32.5 Å². The summed E-state index contributed by atoms with van der Waals surface area (Å²) < 4.78 is 1.72. The van der Waals surface area contributed by atoms with E-state index in [1.807, 2.05) is 19.1 Å². The maximum Gasteiger partial charge on any atom is 0.265 e. The summed E-state index contributed by atoms with van der Waals surface area (Å²) >= 11 is 8.10. The smallest absolute Gasteiger partial charge is 0.265 e. The Hall–Kier alpha value is -1.18. The predicted octanol–water partition coefficient (Wildman–Crippen LogP) is 5.18. The summed E-state index contributed by atoms with van der Waals surface area (Å²) in [6.45, 7) is 3.69. The van der Waals surface area contributed by atoms with Crippen LogP contribution >= 0.6 is 43.2 Å². The van der Waals surface area contributed by atoms with E-state index < -0.39 is 0 Å². The highest BCUT2D eigenvalue weighted by Gasteiger charge is 2.13. The van der Waals surface area contributed by atoms with Crippen LogP contribution in [0.1, 0.15) is 28.6 Å². The summed E-state index contributed by atoms with van der Waals surface area (Å²) in [5, 5.41) is 5.66. The van der Waals surface area contributed by atoms with Crippen molar-refractivity contribution in [2.75, 3.05) is 10.6 Å². The highest BCUT2D eigenvalue weighted by molar-refractivity contribution is 9.13. The van der Waals surface area contributed by atoms with Crippen LogP contribution in [0.25, 0.3) is 0 Å². The monoisotopic (exact) mass is 444 g/mol. The Morgan fingerprint density at radius 3 is 2.50 bits per heavy atom. The van der Waals surface area contributed by atoms with Gasteiger partial charge < -0.3 is 10.6 Å². The van der Waals surface area contributed by atoms with Crippen molar-refractivity contribution in [2.45, 2.75) is 20.3 Å². The molecule has 1 aromatic carbocycles. The molecular weight excluding hydrogens is 432 g/mol. The first-order valence-corrected chi connectivity index (χ1v) is 8.97. The number of halogens is 2. The van der Waals surface area contributed by atoms with Gasteiger partial charge in [-0.3, -0.25) is 9.59 Å². The largest absolute Gasteiger partial charge is 0.326 e. The fraction of sp³-hybridized carbons (Fsp3) is 0.200. The predicted molar refractivity (Wildman–Crippen MR) is 97.8 cm³/mol. The van der Waals surface area contributed by atoms with E-state index in [2.05, 4.69) is 42.5 Å². The van der Waals surface area contributed by atoms with Gasteiger partial charge in [0.1, 0.15) is 0 Å². The fourth-order valence-electron chi connectivity index (χ4n) is 1.73. The van der Waals surface area contributed by atoms with Crippen LogP contribution in [0.3, 0.4) is 0 Å². The molecule has 116 valence electrons. The third-order valence-corrected chi connectivity index (χ3v) is 6.21. The minimum atomic E-state index is -0.182. The van der Waals surface area contributed by atoms with Crippen molar-refractivity contribution in [3.63, 3.8) is 0 Å². The molecule has 1 heterocycles. The lowest BCUT2D eigenvalue weighted by Gasteiger charge is -2.10. The molecule has 0 saturated heterocycles. The zero-order valence-corrected chi connectivity index (χ0v) is 16.0. The first-order valence-electron chi connectivity index (χ1n) is 6.57. The van der Waals surface area contributed by atoms with Gasteiger partial charge in [-0.2, -0.15) is 0 Å². The van der Waals surface area contributed by atoms with Gasteiger partial charge in [0, 0.05) is 22.3 Å². The molecule has 2 N–H and O–H groups in total. The number of carbonyl (C=O) groups excluding carboxylic acids is 2. The lowest BCUT2D eigenvalue weighted by molar-refractivity contribution is -0.115. The van der Waals surface area contributed by atoms with Crippen LogP contribution in [0.2, 0.25) is 0 Å². The number of nitrogens with one attached hydrogen (secondary N) is 2.